The molecule has 0 heterocycles. The smallest absolute Gasteiger partial charge is 0.248 e. The summed E-state index contributed by atoms with van der Waals surface area (Å²) >= 11 is 0. The van der Waals surface area contributed by atoms with Crippen molar-refractivity contribution < 1.29 is 13.4 Å². The number of hydrogen-bond donors (Lipinski definition) is 2. The van der Waals surface area contributed by atoms with E-state index in [1.165, 1.54) is 18.2 Å². The molecule has 104 valence electrons. The van der Waals surface area contributed by atoms with E-state index in [0.29, 0.717) is 10.5 Å². The van der Waals surface area contributed by atoms with Crippen LogP contribution in [-0.4, -0.2) is 10.1 Å². The molecule has 4 nitrogen and oxygen atoms in total. The number of primary amides is 1. The molecular weight excluding hydrogens is 279 g/mol. The number of hydrogen-bond acceptors (Lipinski definition) is 3. The fraction of sp³-hybridized carbons (Fsp3) is 0.0714. The molecule has 1 atom stereocenters. The van der Waals surface area contributed by atoms with Gasteiger partial charge in [0.25, 0.3) is 0 Å². The first-order chi connectivity index (χ1) is 9.45. The Balaban J connectivity index is 2.16. The maximum Gasteiger partial charge on any atom is 0.248 e. The lowest BCUT2D eigenvalue weighted by Crippen LogP contribution is -2.10. The summed E-state index contributed by atoms with van der Waals surface area (Å²) < 4.78 is 25.3. The molecule has 0 radical (unpaired) electrons. The van der Waals surface area contributed by atoms with Crippen LogP contribution in [0.4, 0.5) is 10.1 Å². The Labute approximate surface area is 118 Å². The van der Waals surface area contributed by atoms with E-state index in [9.17, 15) is 13.4 Å². The van der Waals surface area contributed by atoms with Gasteiger partial charge >= 0.3 is 0 Å². The molecule has 4 N–H and O–H groups in total. The summed E-state index contributed by atoms with van der Waals surface area (Å²) in [5, 5.41) is 0. The first-order valence-electron chi connectivity index (χ1n) is 5.79. The molecule has 0 aromatic heterocycles. The van der Waals surface area contributed by atoms with Crippen molar-refractivity contribution in [3.63, 3.8) is 0 Å². The molecule has 2 rings (SSSR count). The fourth-order valence-corrected chi connectivity index (χ4v) is 2.89. The van der Waals surface area contributed by atoms with Gasteiger partial charge in [-0.15, -0.1) is 0 Å². The van der Waals surface area contributed by atoms with Gasteiger partial charge in [-0.2, -0.15) is 0 Å². The summed E-state index contributed by atoms with van der Waals surface area (Å²) in [4.78, 5) is 11.3. The van der Waals surface area contributed by atoms with Gasteiger partial charge in [-0.1, -0.05) is 12.1 Å². The molecule has 0 saturated carbocycles. The van der Waals surface area contributed by atoms with Gasteiger partial charge in [-0.3, -0.25) is 9.00 Å². The average molecular weight is 292 g/mol. The molecule has 0 aliphatic rings. The summed E-state index contributed by atoms with van der Waals surface area (Å²) in [6.45, 7) is 0. The van der Waals surface area contributed by atoms with Crippen LogP contribution in [-0.2, 0) is 16.6 Å². The lowest BCUT2D eigenvalue weighted by Gasteiger charge is -2.05. The van der Waals surface area contributed by atoms with Crippen LogP contribution < -0.4 is 11.5 Å². The number of nitrogen functional groups attached to an aromatic ring is 1. The molecular formula is C14H13FN2O2S. The number of nitrogens with two attached hydrogens (primary N) is 2. The third kappa shape index (κ3) is 3.42. The second-order valence-corrected chi connectivity index (χ2v) is 5.72. The van der Waals surface area contributed by atoms with Crippen LogP contribution >= 0.6 is 0 Å². The Morgan fingerprint density at radius 1 is 1.15 bits per heavy atom. The Morgan fingerprint density at radius 3 is 2.35 bits per heavy atom. The molecule has 0 bridgehead atoms. The van der Waals surface area contributed by atoms with Crippen LogP contribution in [0, 0.1) is 5.82 Å². The predicted octanol–water partition coefficient (Wildman–Crippen LogP) is 1.81. The van der Waals surface area contributed by atoms with Crippen LogP contribution in [0.1, 0.15) is 15.9 Å². The van der Waals surface area contributed by atoms with Gasteiger partial charge in [-0.05, 0) is 35.9 Å². The number of benzene rings is 2. The van der Waals surface area contributed by atoms with Crippen molar-refractivity contribution in [1.82, 2.24) is 0 Å². The highest BCUT2D eigenvalue weighted by Gasteiger charge is 2.08. The molecule has 1 unspecified atom stereocenters. The minimum Gasteiger partial charge on any atom is -0.399 e. The molecule has 0 saturated heterocycles. The van der Waals surface area contributed by atoms with E-state index in [1.54, 1.807) is 24.3 Å². The largest absolute Gasteiger partial charge is 0.399 e. The molecule has 6 heteroatoms. The zero-order valence-electron chi connectivity index (χ0n) is 10.5. The summed E-state index contributed by atoms with van der Waals surface area (Å²) in [5.74, 6) is -0.824. The van der Waals surface area contributed by atoms with Crippen molar-refractivity contribution in [2.75, 3.05) is 5.73 Å². The normalized spacial score (nSPS) is 12.1. The van der Waals surface area contributed by atoms with Crippen LogP contribution in [0.3, 0.4) is 0 Å². The molecule has 20 heavy (non-hydrogen) atoms. The van der Waals surface area contributed by atoms with Crippen molar-refractivity contribution in [3.8, 4) is 0 Å². The van der Waals surface area contributed by atoms with Gasteiger partial charge in [-0.25, -0.2) is 4.39 Å². The van der Waals surface area contributed by atoms with Gasteiger partial charge in [0, 0.05) is 16.1 Å². The molecule has 0 spiro atoms. The summed E-state index contributed by atoms with van der Waals surface area (Å²) in [7, 11) is -1.41. The van der Waals surface area contributed by atoms with E-state index < -0.39 is 22.5 Å². The summed E-state index contributed by atoms with van der Waals surface area (Å²) in [5.41, 5.74) is 12.0. The minimum absolute atomic E-state index is 0.210. The molecule has 2 aromatic rings. The predicted molar refractivity (Wildman–Crippen MR) is 75.9 cm³/mol. The highest BCUT2D eigenvalue weighted by atomic mass is 32.2. The van der Waals surface area contributed by atoms with Crippen LogP contribution in [0.15, 0.2) is 47.4 Å². The van der Waals surface area contributed by atoms with Crippen LogP contribution in [0.5, 0.6) is 0 Å². The zero-order valence-corrected chi connectivity index (χ0v) is 11.3. The standard InChI is InChI=1S/C14H13FN2O2S/c15-11-5-12(16)7-13(6-11)20(19)8-9-1-3-10(4-2-9)14(17)18/h1-7H,8,16H2,(H2,17,18). The van der Waals surface area contributed by atoms with Crippen LogP contribution in [0.2, 0.25) is 0 Å². The molecule has 0 aliphatic carbocycles. The lowest BCUT2D eigenvalue weighted by molar-refractivity contribution is 0.100. The zero-order chi connectivity index (χ0) is 14.7. The fourth-order valence-electron chi connectivity index (χ4n) is 1.72. The van der Waals surface area contributed by atoms with Crippen molar-refractivity contribution >= 4 is 22.4 Å². The summed E-state index contributed by atoms with van der Waals surface area (Å²) in [6.07, 6.45) is 0. The number of rotatable bonds is 4. The topological polar surface area (TPSA) is 86.2 Å². The molecule has 0 aliphatic heterocycles. The van der Waals surface area contributed by atoms with Gasteiger partial charge in [0.05, 0.1) is 16.6 Å². The lowest BCUT2D eigenvalue weighted by atomic mass is 10.1. The van der Waals surface area contributed by atoms with E-state index in [-0.39, 0.29) is 11.4 Å². The van der Waals surface area contributed by atoms with Crippen molar-refractivity contribution in [3.05, 3.63) is 59.4 Å². The van der Waals surface area contributed by atoms with Crippen molar-refractivity contribution in [1.29, 1.82) is 0 Å². The highest BCUT2D eigenvalue weighted by Crippen LogP contribution is 2.17. The second kappa shape index (κ2) is 5.83. The monoisotopic (exact) mass is 292 g/mol. The Bertz CT molecular complexity index is 651. The Morgan fingerprint density at radius 2 is 1.80 bits per heavy atom. The third-order valence-electron chi connectivity index (χ3n) is 2.69. The van der Waals surface area contributed by atoms with Crippen molar-refractivity contribution in [2.24, 2.45) is 5.73 Å². The van der Waals surface area contributed by atoms with E-state index in [0.717, 1.165) is 5.56 Å². The maximum absolute atomic E-state index is 13.2. The number of carbonyl (C=O) groups is 1. The van der Waals surface area contributed by atoms with E-state index in [2.05, 4.69) is 0 Å². The second-order valence-electron chi connectivity index (χ2n) is 4.27. The summed E-state index contributed by atoms with van der Waals surface area (Å²) in [6, 6.07) is 10.3. The van der Waals surface area contributed by atoms with Gasteiger partial charge in [0.2, 0.25) is 5.91 Å². The van der Waals surface area contributed by atoms with Gasteiger partial charge in [0.15, 0.2) is 0 Å². The average Bonchev–Trinajstić information content (AvgIpc) is 2.38. The first kappa shape index (κ1) is 14.2. The molecule has 0 fully saturated rings. The maximum atomic E-state index is 13.2. The quantitative estimate of drug-likeness (QED) is 0.843. The van der Waals surface area contributed by atoms with Gasteiger partial charge in [0.1, 0.15) is 5.82 Å². The van der Waals surface area contributed by atoms with E-state index in [4.69, 9.17) is 11.5 Å². The number of amides is 1. The first-order valence-corrected chi connectivity index (χ1v) is 7.11. The third-order valence-corrected chi connectivity index (χ3v) is 4.05. The SMILES string of the molecule is NC(=O)c1ccc(CS(=O)c2cc(N)cc(F)c2)cc1. The number of halogens is 1. The number of carbonyl (C=O) groups excluding carboxylic acids is 1. The minimum atomic E-state index is -1.41. The Kier molecular flexibility index (Phi) is 4.14. The number of anilines is 1. The van der Waals surface area contributed by atoms with Gasteiger partial charge < -0.3 is 11.5 Å². The molecule has 1 amide bonds. The Hall–Kier alpha value is -2.21. The van der Waals surface area contributed by atoms with E-state index >= 15 is 0 Å². The molecule has 2 aromatic carbocycles. The highest BCUT2D eigenvalue weighted by molar-refractivity contribution is 7.84. The van der Waals surface area contributed by atoms with Crippen molar-refractivity contribution in [2.45, 2.75) is 10.6 Å². The van der Waals surface area contributed by atoms with E-state index in [1.807, 2.05) is 0 Å². The van der Waals surface area contributed by atoms with Crippen LogP contribution in [0.25, 0.3) is 0 Å².